The number of pyridine rings is 1. The number of ketones is 1. The van der Waals surface area contributed by atoms with E-state index in [9.17, 15) is 14.7 Å². The number of amides is 1. The Kier molecular flexibility index (Phi) is 5.41. The van der Waals surface area contributed by atoms with Gasteiger partial charge in [0.15, 0.2) is 17.7 Å². The first-order valence-electron chi connectivity index (χ1n) is 9.91. The van der Waals surface area contributed by atoms with Crippen LogP contribution in [0.3, 0.4) is 0 Å². The molecule has 1 aromatic heterocycles. The van der Waals surface area contributed by atoms with Gasteiger partial charge in [0.25, 0.3) is 11.7 Å². The number of Topliss-reactive ketones (excluding diaryl/α,β-unsaturated/α-hetero) is 1. The van der Waals surface area contributed by atoms with Crippen molar-refractivity contribution in [3.8, 4) is 11.5 Å². The van der Waals surface area contributed by atoms with Gasteiger partial charge < -0.3 is 24.4 Å². The molecule has 2 aliphatic rings. The van der Waals surface area contributed by atoms with Crippen LogP contribution in [-0.2, 0) is 9.59 Å². The Morgan fingerprint density at radius 2 is 2.00 bits per heavy atom. The van der Waals surface area contributed by atoms with Crippen molar-refractivity contribution in [1.82, 2.24) is 4.90 Å². The van der Waals surface area contributed by atoms with Crippen LogP contribution in [0.4, 0.5) is 0 Å². The third kappa shape index (κ3) is 3.61. The molecule has 2 aliphatic heterocycles. The molecule has 1 saturated heterocycles. The third-order valence-corrected chi connectivity index (χ3v) is 5.29. The van der Waals surface area contributed by atoms with Crippen molar-refractivity contribution >= 4 is 17.4 Å². The number of hydrogen-bond donors (Lipinski definition) is 2. The van der Waals surface area contributed by atoms with Crippen LogP contribution in [0.2, 0.25) is 0 Å². The van der Waals surface area contributed by atoms with Crippen molar-refractivity contribution in [1.29, 1.82) is 0 Å². The first-order valence-corrected chi connectivity index (χ1v) is 9.91. The fourth-order valence-electron chi connectivity index (χ4n) is 3.81. The Bertz CT molecular complexity index is 1000. The molecule has 4 rings (SSSR count). The van der Waals surface area contributed by atoms with Crippen molar-refractivity contribution in [2.75, 3.05) is 34.0 Å². The second kappa shape index (κ2) is 8.16. The highest BCUT2D eigenvalue weighted by Crippen LogP contribution is 2.40. The van der Waals surface area contributed by atoms with Gasteiger partial charge in [-0.1, -0.05) is 6.07 Å². The van der Waals surface area contributed by atoms with Gasteiger partial charge in [-0.3, -0.25) is 9.59 Å². The zero-order valence-corrected chi connectivity index (χ0v) is 17.0. The van der Waals surface area contributed by atoms with Crippen LogP contribution in [0.5, 0.6) is 11.5 Å². The molecular formula is C22H25N3O5+2. The number of nitrogens with zero attached hydrogens (tertiary/aromatic N) is 1. The first kappa shape index (κ1) is 19.9. The van der Waals surface area contributed by atoms with Crippen LogP contribution in [0.25, 0.3) is 5.76 Å². The standard InChI is InChI=1S/C22H23N3O5/c1-24(2)10-5-11-25-19(15-6-3-4-9-23-15)18(21(27)22(25)28)20(26)14-7-8-16-17(12-14)30-13-29-16/h3-4,6-9,12,19,26H,5,10-11,13H2,1-2H3/p+2. The number of aliphatic hydroxyl groups is 1. The van der Waals surface area contributed by atoms with E-state index in [1.165, 1.54) is 9.80 Å². The lowest BCUT2D eigenvalue weighted by molar-refractivity contribution is -0.858. The molecule has 3 heterocycles. The fourth-order valence-corrected chi connectivity index (χ4v) is 3.81. The van der Waals surface area contributed by atoms with Crippen molar-refractivity contribution in [3.63, 3.8) is 0 Å². The number of quaternary nitrogens is 1. The average Bonchev–Trinajstić information content (AvgIpc) is 3.31. The number of rotatable bonds is 6. The molecule has 0 bridgehead atoms. The average molecular weight is 411 g/mol. The third-order valence-electron chi connectivity index (χ3n) is 5.29. The van der Waals surface area contributed by atoms with E-state index in [1.807, 2.05) is 32.3 Å². The summed E-state index contributed by atoms with van der Waals surface area (Å²) in [7, 11) is 4.08. The van der Waals surface area contributed by atoms with Crippen LogP contribution < -0.4 is 19.4 Å². The number of aromatic nitrogens is 1. The number of H-pyrrole nitrogens is 1. The van der Waals surface area contributed by atoms with E-state index in [4.69, 9.17) is 9.47 Å². The summed E-state index contributed by atoms with van der Waals surface area (Å²) >= 11 is 0. The Morgan fingerprint density at radius 3 is 2.73 bits per heavy atom. The number of ether oxygens (including phenoxy) is 2. The van der Waals surface area contributed by atoms with E-state index in [2.05, 4.69) is 4.98 Å². The van der Waals surface area contributed by atoms with Crippen LogP contribution >= 0.6 is 0 Å². The summed E-state index contributed by atoms with van der Waals surface area (Å²) in [4.78, 5) is 31.7. The second-order valence-corrected chi connectivity index (χ2v) is 7.69. The maximum Gasteiger partial charge on any atom is 0.295 e. The number of benzene rings is 1. The SMILES string of the molecule is C[NH+](C)CCCN1C(=O)C(=O)C(=C(O)c2ccc3c(c2)OCO3)C1c1cccc[nH+]1. The fraction of sp³-hybridized carbons (Fsp3) is 0.318. The van der Waals surface area contributed by atoms with Crippen molar-refractivity contribution < 1.29 is 34.1 Å². The van der Waals surface area contributed by atoms with E-state index < -0.39 is 17.7 Å². The molecule has 0 spiro atoms. The number of carbonyl (C=O) groups is 2. The van der Waals surface area contributed by atoms with Gasteiger partial charge in [-0.15, -0.1) is 0 Å². The van der Waals surface area contributed by atoms with Crippen LogP contribution in [0.1, 0.15) is 23.7 Å². The number of aliphatic hydroxyl groups excluding tert-OH is 1. The highest BCUT2D eigenvalue weighted by Gasteiger charge is 2.48. The minimum absolute atomic E-state index is 0.0681. The van der Waals surface area contributed by atoms with Gasteiger partial charge in [0.1, 0.15) is 11.8 Å². The van der Waals surface area contributed by atoms with Gasteiger partial charge in [-0.05, 0) is 18.2 Å². The monoisotopic (exact) mass is 411 g/mol. The Morgan fingerprint density at radius 1 is 1.20 bits per heavy atom. The molecule has 1 fully saturated rings. The second-order valence-electron chi connectivity index (χ2n) is 7.69. The van der Waals surface area contributed by atoms with Crippen LogP contribution in [0, 0.1) is 0 Å². The molecule has 1 aromatic carbocycles. The Hall–Kier alpha value is -3.39. The lowest BCUT2D eigenvalue weighted by atomic mass is 9.98. The molecule has 3 N–H and O–H groups in total. The largest absolute Gasteiger partial charge is 0.507 e. The molecule has 1 atom stereocenters. The molecule has 8 nitrogen and oxygen atoms in total. The van der Waals surface area contributed by atoms with E-state index in [-0.39, 0.29) is 18.1 Å². The lowest BCUT2D eigenvalue weighted by Crippen LogP contribution is -3.05. The van der Waals surface area contributed by atoms with E-state index >= 15 is 0 Å². The predicted molar refractivity (Wildman–Crippen MR) is 107 cm³/mol. The predicted octanol–water partition coefficient (Wildman–Crippen LogP) is 0.186. The minimum Gasteiger partial charge on any atom is -0.507 e. The van der Waals surface area contributed by atoms with Crippen molar-refractivity contribution in [2.45, 2.75) is 12.5 Å². The zero-order valence-electron chi connectivity index (χ0n) is 17.0. The van der Waals surface area contributed by atoms with Gasteiger partial charge in [0, 0.05) is 30.7 Å². The molecule has 1 amide bonds. The molecule has 0 saturated carbocycles. The summed E-state index contributed by atoms with van der Waals surface area (Å²) in [5.41, 5.74) is 1.13. The summed E-state index contributed by atoms with van der Waals surface area (Å²) < 4.78 is 10.7. The minimum atomic E-state index is -0.690. The number of likely N-dealkylation sites (tertiary alicyclic amines) is 1. The topological polar surface area (TPSA) is 94.7 Å². The number of nitrogens with one attached hydrogen (secondary N) is 2. The van der Waals surface area contributed by atoms with Gasteiger partial charge >= 0.3 is 0 Å². The molecule has 1 unspecified atom stereocenters. The maximum atomic E-state index is 13.0. The Labute approximate surface area is 174 Å². The van der Waals surface area contributed by atoms with Gasteiger partial charge in [-0.25, -0.2) is 4.98 Å². The highest BCUT2D eigenvalue weighted by molar-refractivity contribution is 6.46. The quantitative estimate of drug-likeness (QED) is 0.402. The molecule has 0 radical (unpaired) electrons. The summed E-state index contributed by atoms with van der Waals surface area (Å²) in [6.45, 7) is 1.38. The molecule has 8 heteroatoms. The molecule has 2 aromatic rings. The molecular weight excluding hydrogens is 386 g/mol. The normalized spacial score (nSPS) is 19.7. The zero-order chi connectivity index (χ0) is 21.3. The van der Waals surface area contributed by atoms with Crippen LogP contribution in [-0.4, -0.2) is 55.7 Å². The Balaban J connectivity index is 1.77. The smallest absolute Gasteiger partial charge is 0.295 e. The van der Waals surface area contributed by atoms with Gasteiger partial charge in [-0.2, -0.15) is 0 Å². The van der Waals surface area contributed by atoms with E-state index in [1.54, 1.807) is 24.4 Å². The number of hydrogen-bond acceptors (Lipinski definition) is 5. The first-order chi connectivity index (χ1) is 14.5. The van der Waals surface area contributed by atoms with Crippen molar-refractivity contribution in [2.24, 2.45) is 0 Å². The number of aromatic amines is 1. The summed E-state index contributed by atoms with van der Waals surface area (Å²) in [6, 6.07) is 9.72. The number of fused-ring (bicyclic) bond motifs is 1. The maximum absolute atomic E-state index is 13.0. The summed E-state index contributed by atoms with van der Waals surface area (Å²) in [5.74, 6) is -0.455. The lowest BCUT2D eigenvalue weighted by Gasteiger charge is -2.22. The molecule has 156 valence electrons. The van der Waals surface area contributed by atoms with Crippen LogP contribution in [0.15, 0.2) is 48.2 Å². The summed E-state index contributed by atoms with van der Waals surface area (Å²) in [5, 5.41) is 11.1. The van der Waals surface area contributed by atoms with Gasteiger partial charge in [0.05, 0.1) is 26.2 Å². The van der Waals surface area contributed by atoms with E-state index in [0.29, 0.717) is 29.3 Å². The molecule has 30 heavy (non-hydrogen) atoms. The van der Waals surface area contributed by atoms with E-state index in [0.717, 1.165) is 13.0 Å². The van der Waals surface area contributed by atoms with Gasteiger partial charge in [0.2, 0.25) is 12.5 Å². The highest BCUT2D eigenvalue weighted by atomic mass is 16.7. The molecule has 0 aliphatic carbocycles. The number of carbonyl (C=O) groups excluding carboxylic acids is 2. The summed E-state index contributed by atoms with van der Waals surface area (Å²) in [6.07, 6.45) is 2.47. The van der Waals surface area contributed by atoms with Crippen molar-refractivity contribution in [3.05, 3.63) is 59.4 Å².